The Balaban J connectivity index is 3.21. The van der Waals surface area contributed by atoms with Gasteiger partial charge in [0.25, 0.3) is 0 Å². The molecule has 1 amide bonds. The minimum Gasteiger partial charge on any atom is -0.379 e. The Hall–Kier alpha value is -0.610. The molecule has 0 fully saturated rings. The number of hydrogen-bond donors (Lipinski definition) is 2. The van der Waals surface area contributed by atoms with E-state index >= 15 is 0 Å². The molecule has 0 bridgehead atoms. The van der Waals surface area contributed by atoms with E-state index in [2.05, 4.69) is 5.32 Å². The third kappa shape index (κ3) is 7.74. The van der Waals surface area contributed by atoms with Crippen LogP contribution in [0.4, 0.5) is 0 Å². The predicted molar refractivity (Wildman–Crippen MR) is 52.4 cm³/mol. The lowest BCUT2D eigenvalue weighted by Crippen LogP contribution is -2.38. The Labute approximate surface area is 79.8 Å². The third-order valence-electron chi connectivity index (χ3n) is 1.49. The number of hydrogen-bond acceptors (Lipinski definition) is 3. The average molecular weight is 188 g/mol. The largest absolute Gasteiger partial charge is 0.379 e. The van der Waals surface area contributed by atoms with Crippen LogP contribution in [0.1, 0.15) is 27.2 Å². The first-order chi connectivity index (χ1) is 6.04. The minimum atomic E-state index is -0.425. The highest BCUT2D eigenvalue weighted by Gasteiger charge is 2.04. The van der Waals surface area contributed by atoms with Crippen molar-refractivity contribution >= 4 is 5.91 Å². The van der Waals surface area contributed by atoms with E-state index in [0.29, 0.717) is 13.2 Å². The summed E-state index contributed by atoms with van der Waals surface area (Å²) >= 11 is 0. The van der Waals surface area contributed by atoms with Gasteiger partial charge in [-0.2, -0.15) is 0 Å². The Morgan fingerprint density at radius 3 is 2.54 bits per heavy atom. The number of rotatable bonds is 6. The molecule has 0 aliphatic carbocycles. The lowest BCUT2D eigenvalue weighted by Gasteiger charge is -2.09. The van der Waals surface area contributed by atoms with Gasteiger partial charge in [-0.15, -0.1) is 0 Å². The molecule has 0 saturated heterocycles. The molecule has 0 unspecified atom stereocenters. The van der Waals surface area contributed by atoms with E-state index < -0.39 is 6.04 Å². The number of ether oxygens (including phenoxy) is 1. The van der Waals surface area contributed by atoms with Crippen molar-refractivity contribution in [2.45, 2.75) is 39.3 Å². The van der Waals surface area contributed by atoms with Gasteiger partial charge in [0.05, 0.1) is 12.1 Å². The number of amides is 1. The molecular weight excluding hydrogens is 168 g/mol. The Morgan fingerprint density at radius 2 is 2.08 bits per heavy atom. The summed E-state index contributed by atoms with van der Waals surface area (Å²) in [5.74, 6) is -0.107. The van der Waals surface area contributed by atoms with Gasteiger partial charge in [0.2, 0.25) is 5.91 Å². The number of nitrogens with two attached hydrogens (primary N) is 1. The normalized spacial score (nSPS) is 13.0. The second-order valence-electron chi connectivity index (χ2n) is 3.35. The van der Waals surface area contributed by atoms with Crippen LogP contribution in [0.5, 0.6) is 0 Å². The molecule has 0 saturated carbocycles. The monoisotopic (exact) mass is 188 g/mol. The first-order valence-corrected chi connectivity index (χ1v) is 4.69. The molecule has 4 heteroatoms. The smallest absolute Gasteiger partial charge is 0.236 e. The molecule has 0 radical (unpaired) electrons. The summed E-state index contributed by atoms with van der Waals surface area (Å²) in [6.45, 7) is 6.95. The molecule has 0 spiro atoms. The maximum Gasteiger partial charge on any atom is 0.236 e. The van der Waals surface area contributed by atoms with Crippen molar-refractivity contribution in [3.05, 3.63) is 0 Å². The van der Waals surface area contributed by atoms with Gasteiger partial charge in [-0.1, -0.05) is 0 Å². The van der Waals surface area contributed by atoms with Crippen molar-refractivity contribution in [1.82, 2.24) is 5.32 Å². The molecule has 0 aromatic rings. The Bertz CT molecular complexity index is 147. The fourth-order valence-corrected chi connectivity index (χ4v) is 0.764. The first kappa shape index (κ1) is 12.4. The van der Waals surface area contributed by atoms with Crippen LogP contribution in [-0.2, 0) is 9.53 Å². The number of nitrogens with one attached hydrogen (secondary N) is 1. The van der Waals surface area contributed by atoms with Gasteiger partial charge in [-0.25, -0.2) is 0 Å². The van der Waals surface area contributed by atoms with Crippen LogP contribution in [0.2, 0.25) is 0 Å². The third-order valence-corrected chi connectivity index (χ3v) is 1.49. The highest BCUT2D eigenvalue weighted by molar-refractivity contribution is 5.80. The molecule has 0 aliphatic heterocycles. The van der Waals surface area contributed by atoms with Crippen LogP contribution in [0, 0.1) is 0 Å². The number of carbonyl (C=O) groups excluding carboxylic acids is 1. The molecule has 0 aliphatic rings. The van der Waals surface area contributed by atoms with Crippen molar-refractivity contribution in [1.29, 1.82) is 0 Å². The van der Waals surface area contributed by atoms with Gasteiger partial charge >= 0.3 is 0 Å². The Morgan fingerprint density at radius 1 is 1.46 bits per heavy atom. The summed E-state index contributed by atoms with van der Waals surface area (Å²) < 4.78 is 5.30. The molecule has 4 nitrogen and oxygen atoms in total. The summed E-state index contributed by atoms with van der Waals surface area (Å²) in [5, 5.41) is 2.71. The second-order valence-corrected chi connectivity index (χ2v) is 3.35. The van der Waals surface area contributed by atoms with Crippen molar-refractivity contribution in [3.63, 3.8) is 0 Å². The van der Waals surface area contributed by atoms with E-state index in [1.165, 1.54) is 0 Å². The molecule has 0 heterocycles. The summed E-state index contributed by atoms with van der Waals surface area (Å²) in [5.41, 5.74) is 5.36. The van der Waals surface area contributed by atoms with E-state index in [1.807, 2.05) is 13.8 Å². The van der Waals surface area contributed by atoms with Crippen LogP contribution >= 0.6 is 0 Å². The van der Waals surface area contributed by atoms with Gasteiger partial charge in [-0.3, -0.25) is 4.79 Å². The molecule has 3 N–H and O–H groups in total. The highest BCUT2D eigenvalue weighted by atomic mass is 16.5. The summed E-state index contributed by atoms with van der Waals surface area (Å²) in [6, 6.07) is -0.425. The summed E-state index contributed by atoms with van der Waals surface area (Å²) in [7, 11) is 0. The van der Waals surface area contributed by atoms with Crippen LogP contribution in [0.3, 0.4) is 0 Å². The Kier molecular flexibility index (Phi) is 6.54. The van der Waals surface area contributed by atoms with E-state index in [1.54, 1.807) is 6.92 Å². The molecule has 0 aromatic heterocycles. The number of carbonyl (C=O) groups is 1. The highest BCUT2D eigenvalue weighted by Crippen LogP contribution is 1.89. The van der Waals surface area contributed by atoms with Crippen LogP contribution in [0.15, 0.2) is 0 Å². The molecule has 0 rings (SSSR count). The first-order valence-electron chi connectivity index (χ1n) is 4.69. The zero-order chi connectivity index (χ0) is 10.3. The van der Waals surface area contributed by atoms with Crippen LogP contribution < -0.4 is 11.1 Å². The average Bonchev–Trinajstić information content (AvgIpc) is 2.02. The van der Waals surface area contributed by atoms with Crippen molar-refractivity contribution < 1.29 is 9.53 Å². The van der Waals surface area contributed by atoms with Crippen LogP contribution in [-0.4, -0.2) is 31.2 Å². The molecule has 13 heavy (non-hydrogen) atoms. The fraction of sp³-hybridized carbons (Fsp3) is 0.889. The van der Waals surface area contributed by atoms with Gasteiger partial charge in [0, 0.05) is 13.2 Å². The maximum atomic E-state index is 11.0. The van der Waals surface area contributed by atoms with Crippen molar-refractivity contribution in [3.8, 4) is 0 Å². The lowest BCUT2D eigenvalue weighted by molar-refractivity contribution is -0.122. The van der Waals surface area contributed by atoms with E-state index in [9.17, 15) is 4.79 Å². The van der Waals surface area contributed by atoms with E-state index in [0.717, 1.165) is 6.42 Å². The molecule has 1 atom stereocenters. The second kappa shape index (κ2) is 6.86. The zero-order valence-corrected chi connectivity index (χ0v) is 8.67. The molecule has 78 valence electrons. The molecule has 0 aromatic carbocycles. The fourth-order valence-electron chi connectivity index (χ4n) is 0.764. The lowest BCUT2D eigenvalue weighted by atomic mass is 10.3. The zero-order valence-electron chi connectivity index (χ0n) is 8.67. The predicted octanol–water partition coefficient (Wildman–Crippen LogP) is 0.265. The summed E-state index contributed by atoms with van der Waals surface area (Å²) in [4.78, 5) is 11.0. The maximum absolute atomic E-state index is 11.0. The van der Waals surface area contributed by atoms with Gasteiger partial charge in [-0.05, 0) is 27.2 Å². The van der Waals surface area contributed by atoms with Crippen molar-refractivity contribution in [2.24, 2.45) is 5.73 Å². The van der Waals surface area contributed by atoms with E-state index in [-0.39, 0.29) is 12.0 Å². The summed E-state index contributed by atoms with van der Waals surface area (Å²) in [6.07, 6.45) is 1.08. The van der Waals surface area contributed by atoms with Crippen molar-refractivity contribution in [2.75, 3.05) is 13.2 Å². The van der Waals surface area contributed by atoms with Gasteiger partial charge < -0.3 is 15.8 Å². The topological polar surface area (TPSA) is 64.3 Å². The van der Waals surface area contributed by atoms with Gasteiger partial charge in [0.15, 0.2) is 0 Å². The minimum absolute atomic E-state index is 0.107. The van der Waals surface area contributed by atoms with Gasteiger partial charge in [0.1, 0.15) is 0 Å². The standard InChI is InChI=1S/C9H20N2O2/c1-7(2)13-6-4-5-11-9(12)8(3)10/h7-8H,4-6,10H2,1-3H3,(H,11,12)/t8-/m1/s1. The quantitative estimate of drug-likeness (QED) is 0.588. The van der Waals surface area contributed by atoms with E-state index in [4.69, 9.17) is 10.5 Å². The van der Waals surface area contributed by atoms with Crippen LogP contribution in [0.25, 0.3) is 0 Å². The SMILES string of the molecule is CC(C)OCCCNC(=O)[C@@H](C)N. The molecular formula is C9H20N2O2.